The van der Waals surface area contributed by atoms with Gasteiger partial charge < -0.3 is 14.2 Å². The molecule has 0 aromatic heterocycles. The van der Waals surface area contributed by atoms with Crippen molar-refractivity contribution >= 4 is 15.9 Å². The number of methoxy groups -OCH3 is 1. The molecule has 0 radical (unpaired) electrons. The maximum atomic E-state index is 13.4. The Balaban J connectivity index is 2.07. The van der Waals surface area contributed by atoms with Gasteiger partial charge in [0.1, 0.15) is 5.82 Å². The summed E-state index contributed by atoms with van der Waals surface area (Å²) < 4.78 is 29.7. The lowest BCUT2D eigenvalue weighted by atomic mass is 10.2. The normalized spacial score (nSPS) is 10.8. The third kappa shape index (κ3) is 6.44. The van der Waals surface area contributed by atoms with E-state index in [9.17, 15) is 4.39 Å². The third-order valence-electron chi connectivity index (χ3n) is 2.28. The van der Waals surface area contributed by atoms with Crippen LogP contribution in [0.15, 0.2) is 22.7 Å². The molecule has 0 amide bonds. The van der Waals surface area contributed by atoms with Crippen molar-refractivity contribution < 1.29 is 18.6 Å². The topological polar surface area (TPSA) is 27.7 Å². The molecule has 1 aromatic rings. The van der Waals surface area contributed by atoms with Crippen LogP contribution in [-0.4, -0.2) is 33.5 Å². The molecule has 5 heteroatoms. The van der Waals surface area contributed by atoms with Gasteiger partial charge in [0.05, 0.1) is 19.8 Å². The summed E-state index contributed by atoms with van der Waals surface area (Å²) >= 11 is 3.21. The summed E-state index contributed by atoms with van der Waals surface area (Å²) in [5.41, 5.74) is 0.553. The van der Waals surface area contributed by atoms with Crippen LogP contribution in [-0.2, 0) is 20.8 Å². The van der Waals surface area contributed by atoms with E-state index in [0.29, 0.717) is 32.0 Å². The Morgan fingerprint density at radius 1 is 1.11 bits per heavy atom. The van der Waals surface area contributed by atoms with Gasteiger partial charge in [-0.1, -0.05) is 22.0 Å². The fraction of sp³-hybridized carbons (Fsp3) is 0.538. The van der Waals surface area contributed by atoms with E-state index in [-0.39, 0.29) is 12.4 Å². The minimum absolute atomic E-state index is 0.259. The van der Waals surface area contributed by atoms with Crippen molar-refractivity contribution in [2.45, 2.75) is 13.0 Å². The Labute approximate surface area is 115 Å². The van der Waals surface area contributed by atoms with Crippen LogP contribution in [0, 0.1) is 5.82 Å². The summed E-state index contributed by atoms with van der Waals surface area (Å²) in [6.45, 7) is 2.60. The molecular formula is C13H18BrFO3. The van der Waals surface area contributed by atoms with Gasteiger partial charge in [-0.3, -0.25) is 0 Å². The molecule has 0 aliphatic rings. The van der Waals surface area contributed by atoms with Crippen LogP contribution in [0.3, 0.4) is 0 Å². The number of benzene rings is 1. The first-order valence-corrected chi connectivity index (χ1v) is 6.61. The van der Waals surface area contributed by atoms with Crippen LogP contribution >= 0.6 is 15.9 Å². The second-order valence-corrected chi connectivity index (χ2v) is 4.66. The summed E-state index contributed by atoms with van der Waals surface area (Å²) in [4.78, 5) is 0. The molecule has 0 fully saturated rings. The Morgan fingerprint density at radius 3 is 2.61 bits per heavy atom. The molecule has 0 heterocycles. The van der Waals surface area contributed by atoms with Crippen molar-refractivity contribution in [3.63, 3.8) is 0 Å². The highest BCUT2D eigenvalue weighted by Crippen LogP contribution is 2.15. The lowest BCUT2D eigenvalue weighted by Crippen LogP contribution is -2.07. The molecule has 0 spiro atoms. The van der Waals surface area contributed by atoms with Crippen molar-refractivity contribution in [2.75, 3.05) is 33.5 Å². The standard InChI is InChI=1S/C13H18BrFO3/c1-16-5-2-6-17-7-8-18-10-11-3-4-12(14)9-13(11)15/h3-4,9H,2,5-8,10H2,1H3. The van der Waals surface area contributed by atoms with E-state index in [1.54, 1.807) is 19.2 Å². The van der Waals surface area contributed by atoms with Gasteiger partial charge in [-0.05, 0) is 18.6 Å². The van der Waals surface area contributed by atoms with Gasteiger partial charge in [-0.15, -0.1) is 0 Å². The van der Waals surface area contributed by atoms with E-state index in [1.165, 1.54) is 6.07 Å². The van der Waals surface area contributed by atoms with Crippen molar-refractivity contribution in [2.24, 2.45) is 0 Å². The first-order chi connectivity index (χ1) is 8.74. The minimum atomic E-state index is -0.259. The van der Waals surface area contributed by atoms with E-state index in [2.05, 4.69) is 15.9 Å². The molecule has 0 aliphatic heterocycles. The maximum Gasteiger partial charge on any atom is 0.129 e. The highest BCUT2D eigenvalue weighted by atomic mass is 79.9. The highest BCUT2D eigenvalue weighted by Gasteiger charge is 2.02. The molecular weight excluding hydrogens is 303 g/mol. The molecule has 102 valence electrons. The largest absolute Gasteiger partial charge is 0.385 e. The molecule has 0 saturated carbocycles. The van der Waals surface area contributed by atoms with Gasteiger partial charge in [0, 0.05) is 30.4 Å². The van der Waals surface area contributed by atoms with E-state index in [0.717, 1.165) is 10.9 Å². The Bertz CT molecular complexity index is 347. The molecule has 0 bridgehead atoms. The molecule has 18 heavy (non-hydrogen) atoms. The monoisotopic (exact) mass is 320 g/mol. The summed E-state index contributed by atoms with van der Waals surface area (Å²) in [5.74, 6) is -0.259. The van der Waals surface area contributed by atoms with Crippen LogP contribution in [0.1, 0.15) is 12.0 Å². The van der Waals surface area contributed by atoms with Gasteiger partial charge in [-0.2, -0.15) is 0 Å². The molecule has 3 nitrogen and oxygen atoms in total. The first kappa shape index (κ1) is 15.6. The lowest BCUT2D eigenvalue weighted by molar-refractivity contribution is 0.0329. The molecule has 1 rings (SSSR count). The van der Waals surface area contributed by atoms with Crippen LogP contribution in [0.4, 0.5) is 4.39 Å². The second kappa shape index (κ2) is 9.44. The predicted molar refractivity (Wildman–Crippen MR) is 71.1 cm³/mol. The second-order valence-electron chi connectivity index (χ2n) is 3.75. The molecule has 0 atom stereocenters. The number of halogens is 2. The van der Waals surface area contributed by atoms with Crippen LogP contribution in [0.5, 0.6) is 0 Å². The molecule has 0 saturated heterocycles. The third-order valence-corrected chi connectivity index (χ3v) is 2.78. The summed E-state index contributed by atoms with van der Waals surface area (Å²) in [7, 11) is 1.66. The quantitative estimate of drug-likeness (QED) is 0.654. The van der Waals surface area contributed by atoms with E-state index in [1.807, 2.05) is 0 Å². The van der Waals surface area contributed by atoms with Crippen LogP contribution in [0.2, 0.25) is 0 Å². The number of hydrogen-bond acceptors (Lipinski definition) is 3. The predicted octanol–water partition coefficient (Wildman–Crippen LogP) is 3.16. The Hall–Kier alpha value is -0.490. The highest BCUT2D eigenvalue weighted by molar-refractivity contribution is 9.10. The van der Waals surface area contributed by atoms with E-state index in [4.69, 9.17) is 14.2 Å². The zero-order valence-corrected chi connectivity index (χ0v) is 12.0. The fourth-order valence-electron chi connectivity index (χ4n) is 1.35. The van der Waals surface area contributed by atoms with Crippen molar-refractivity contribution in [3.05, 3.63) is 34.1 Å². The molecule has 0 aliphatic carbocycles. The Kier molecular flexibility index (Phi) is 8.17. The summed E-state index contributed by atoms with van der Waals surface area (Å²) in [5, 5.41) is 0. The van der Waals surface area contributed by atoms with Gasteiger partial charge in [-0.25, -0.2) is 4.39 Å². The van der Waals surface area contributed by atoms with E-state index < -0.39 is 0 Å². The molecule has 0 N–H and O–H groups in total. The SMILES string of the molecule is COCCCOCCOCc1ccc(Br)cc1F. The number of rotatable bonds is 9. The van der Waals surface area contributed by atoms with Crippen LogP contribution < -0.4 is 0 Å². The van der Waals surface area contributed by atoms with Crippen LogP contribution in [0.25, 0.3) is 0 Å². The number of hydrogen-bond donors (Lipinski definition) is 0. The first-order valence-electron chi connectivity index (χ1n) is 5.82. The van der Waals surface area contributed by atoms with Gasteiger partial charge in [0.2, 0.25) is 0 Å². The number of ether oxygens (including phenoxy) is 3. The Morgan fingerprint density at radius 2 is 1.89 bits per heavy atom. The lowest BCUT2D eigenvalue weighted by Gasteiger charge is -2.07. The van der Waals surface area contributed by atoms with Gasteiger partial charge in [0.15, 0.2) is 0 Å². The summed E-state index contributed by atoms with van der Waals surface area (Å²) in [6.07, 6.45) is 0.873. The van der Waals surface area contributed by atoms with Crippen molar-refractivity contribution in [1.82, 2.24) is 0 Å². The zero-order valence-electron chi connectivity index (χ0n) is 10.5. The maximum absolute atomic E-state index is 13.4. The van der Waals surface area contributed by atoms with Crippen molar-refractivity contribution in [1.29, 1.82) is 0 Å². The van der Waals surface area contributed by atoms with Crippen molar-refractivity contribution in [3.8, 4) is 0 Å². The van der Waals surface area contributed by atoms with Gasteiger partial charge in [0.25, 0.3) is 0 Å². The molecule has 1 aromatic carbocycles. The zero-order chi connectivity index (χ0) is 13.2. The summed E-state index contributed by atoms with van der Waals surface area (Å²) in [6, 6.07) is 4.93. The smallest absolute Gasteiger partial charge is 0.129 e. The average molecular weight is 321 g/mol. The average Bonchev–Trinajstić information content (AvgIpc) is 2.35. The van der Waals surface area contributed by atoms with E-state index >= 15 is 0 Å². The molecule has 0 unspecified atom stereocenters. The van der Waals surface area contributed by atoms with Gasteiger partial charge >= 0.3 is 0 Å². The minimum Gasteiger partial charge on any atom is -0.385 e. The fourth-order valence-corrected chi connectivity index (χ4v) is 1.68.